The highest BCUT2D eigenvalue weighted by Crippen LogP contribution is 2.45. The highest BCUT2D eigenvalue weighted by atomic mass is 35.5. The van der Waals surface area contributed by atoms with Crippen molar-refractivity contribution in [2.45, 2.75) is 31.0 Å². The molecule has 0 saturated carbocycles. The third-order valence-electron chi connectivity index (χ3n) is 7.21. The maximum atomic E-state index is 13.3. The summed E-state index contributed by atoms with van der Waals surface area (Å²) in [5.74, 6) is -0.200. The van der Waals surface area contributed by atoms with Crippen molar-refractivity contribution in [3.05, 3.63) is 26.8 Å². The van der Waals surface area contributed by atoms with Crippen molar-refractivity contribution in [2.75, 3.05) is 53.5 Å². The van der Waals surface area contributed by atoms with Crippen molar-refractivity contribution in [2.24, 2.45) is 0 Å². The lowest BCUT2D eigenvalue weighted by Crippen LogP contribution is -2.70. The monoisotopic (exact) mass is 516 g/mol. The highest BCUT2D eigenvalue weighted by molar-refractivity contribution is 7.92. The topological polar surface area (TPSA) is 90.5 Å². The molecule has 12 heteroatoms. The van der Waals surface area contributed by atoms with E-state index in [1.54, 1.807) is 31.1 Å². The smallest absolute Gasteiger partial charge is 0.239 e. The Hall–Kier alpha value is -1.50. The number of piperidine rings is 1. The number of piperazine rings is 1. The summed E-state index contributed by atoms with van der Waals surface area (Å²) < 4.78 is 33.7. The van der Waals surface area contributed by atoms with Gasteiger partial charge in [0, 0.05) is 49.5 Å². The first-order valence-electron chi connectivity index (χ1n) is 10.8. The van der Waals surface area contributed by atoms with Crippen molar-refractivity contribution in [1.29, 1.82) is 0 Å². The van der Waals surface area contributed by atoms with Crippen LogP contribution >= 0.6 is 22.9 Å². The van der Waals surface area contributed by atoms with Gasteiger partial charge in [0.05, 0.1) is 24.0 Å². The second-order valence-corrected chi connectivity index (χ2v) is 12.5. The fraction of sp³-hybridized carbons (Fsp3) is 0.619. The number of hydrogen-bond acceptors (Lipinski definition) is 7. The zero-order valence-electron chi connectivity index (χ0n) is 19.0. The predicted molar refractivity (Wildman–Crippen MR) is 127 cm³/mol. The van der Waals surface area contributed by atoms with Crippen LogP contribution in [0, 0.1) is 0 Å². The van der Waals surface area contributed by atoms with E-state index >= 15 is 0 Å². The van der Waals surface area contributed by atoms with Crippen LogP contribution in [0.4, 0.5) is 0 Å². The number of sulfonamides is 1. The van der Waals surface area contributed by atoms with E-state index in [1.807, 2.05) is 11.9 Å². The largest absolute Gasteiger partial charge is 0.381 e. The molecule has 3 aliphatic heterocycles. The van der Waals surface area contributed by atoms with E-state index in [0.29, 0.717) is 41.7 Å². The zero-order chi connectivity index (χ0) is 24.0. The lowest BCUT2D eigenvalue weighted by atomic mass is 9.86. The van der Waals surface area contributed by atoms with E-state index in [2.05, 4.69) is 4.90 Å². The fourth-order valence-electron chi connectivity index (χ4n) is 5.28. The molecular formula is C21H29ClN4O5S2. The molecule has 2 amide bonds. The average Bonchev–Trinajstić information content (AvgIpc) is 3.28. The molecule has 0 aromatic carbocycles. The van der Waals surface area contributed by atoms with Crippen molar-refractivity contribution in [1.82, 2.24) is 19.0 Å². The number of fused-ring (bicyclic) bond motifs is 1. The van der Waals surface area contributed by atoms with Gasteiger partial charge < -0.3 is 14.5 Å². The summed E-state index contributed by atoms with van der Waals surface area (Å²) in [5.41, 5.74) is -1.24. The number of likely N-dealkylation sites (tertiary alicyclic amines) is 1. The number of carbonyl (C=O) groups excluding carboxylic acids is 2. The molecular weight excluding hydrogens is 488 g/mol. The number of halogens is 1. The van der Waals surface area contributed by atoms with E-state index in [9.17, 15) is 18.0 Å². The van der Waals surface area contributed by atoms with Gasteiger partial charge in [0.1, 0.15) is 5.66 Å². The van der Waals surface area contributed by atoms with Crippen molar-refractivity contribution in [3.63, 3.8) is 0 Å². The number of hydrogen-bond donors (Lipinski definition) is 0. The third kappa shape index (κ3) is 4.35. The fourth-order valence-corrected chi connectivity index (χ4v) is 7.49. The Kier molecular flexibility index (Phi) is 6.67. The maximum absolute atomic E-state index is 13.3. The number of carbonyl (C=O) groups is 2. The first-order valence-corrected chi connectivity index (χ1v) is 13.5. The van der Waals surface area contributed by atoms with Crippen LogP contribution in [0.1, 0.15) is 24.6 Å². The summed E-state index contributed by atoms with van der Waals surface area (Å²) in [6, 6.07) is 3.45. The van der Waals surface area contributed by atoms with Gasteiger partial charge in [-0.3, -0.25) is 14.5 Å². The third-order valence-corrected chi connectivity index (χ3v) is 9.86. The molecule has 0 radical (unpaired) electrons. The normalized spacial score (nSPS) is 26.5. The average molecular weight is 517 g/mol. The molecule has 0 bridgehead atoms. The minimum absolute atomic E-state index is 0.0435. The summed E-state index contributed by atoms with van der Waals surface area (Å²) in [6.07, 6.45) is 2.93. The summed E-state index contributed by atoms with van der Waals surface area (Å²) in [6.45, 7) is 3.36. The molecule has 1 aromatic heterocycles. The molecule has 4 heterocycles. The second kappa shape index (κ2) is 8.94. The molecule has 1 spiro atoms. The van der Waals surface area contributed by atoms with Crippen molar-refractivity contribution < 1.29 is 22.7 Å². The number of amides is 2. The summed E-state index contributed by atoms with van der Waals surface area (Å²) >= 11 is 7.22. The number of thiophene rings is 1. The molecule has 0 aliphatic carbocycles. The molecule has 1 unspecified atom stereocenters. The molecule has 9 nitrogen and oxygen atoms in total. The molecule has 3 aliphatic rings. The van der Waals surface area contributed by atoms with Gasteiger partial charge in [-0.25, -0.2) is 8.42 Å². The first kappa shape index (κ1) is 24.6. The van der Waals surface area contributed by atoms with Gasteiger partial charge in [-0.05, 0) is 38.1 Å². The van der Waals surface area contributed by atoms with E-state index in [0.717, 1.165) is 5.41 Å². The van der Waals surface area contributed by atoms with E-state index in [1.165, 1.54) is 21.7 Å². The van der Waals surface area contributed by atoms with Crippen LogP contribution in [-0.2, 0) is 24.3 Å². The number of likely N-dealkylation sites (N-methyl/N-ethyl adjacent to an activating group) is 1. The molecule has 1 aromatic rings. The van der Waals surface area contributed by atoms with Gasteiger partial charge in [0.25, 0.3) is 0 Å². The van der Waals surface area contributed by atoms with Gasteiger partial charge in [0.15, 0.2) is 0 Å². The van der Waals surface area contributed by atoms with Gasteiger partial charge in [-0.2, -0.15) is 4.31 Å². The highest BCUT2D eigenvalue weighted by Gasteiger charge is 2.62. The number of nitrogens with zero attached hydrogens (tertiary/aromatic N) is 4. The minimum Gasteiger partial charge on any atom is -0.381 e. The molecule has 1 atom stereocenters. The van der Waals surface area contributed by atoms with Crippen molar-refractivity contribution in [3.8, 4) is 0 Å². The summed E-state index contributed by atoms with van der Waals surface area (Å²) in [7, 11) is -0.354. The number of ether oxygens (including phenoxy) is 1. The molecule has 3 saturated heterocycles. The van der Waals surface area contributed by atoms with Crippen molar-refractivity contribution >= 4 is 50.9 Å². The molecule has 3 fully saturated rings. The van der Waals surface area contributed by atoms with Crippen LogP contribution in [0.2, 0.25) is 4.34 Å². The Labute approximate surface area is 203 Å². The lowest BCUT2D eigenvalue weighted by molar-refractivity contribution is -0.152. The van der Waals surface area contributed by atoms with E-state index in [-0.39, 0.29) is 37.0 Å². The Bertz CT molecular complexity index is 1070. The minimum atomic E-state index is -3.85. The van der Waals surface area contributed by atoms with Crippen LogP contribution in [0.5, 0.6) is 0 Å². The Morgan fingerprint density at radius 3 is 2.55 bits per heavy atom. The van der Waals surface area contributed by atoms with E-state index < -0.39 is 15.7 Å². The van der Waals surface area contributed by atoms with Crippen LogP contribution in [0.25, 0.3) is 6.08 Å². The van der Waals surface area contributed by atoms with Gasteiger partial charge in [-0.1, -0.05) is 11.6 Å². The molecule has 0 N–H and O–H groups in total. The SMILES string of the molecule is COCC12CN(S(=O)(=O)/C=C/c3ccc(Cl)s3)CC(=O)N1CC1(CCN(C(C)=O)CC1)N2C. The number of methoxy groups -OCH3 is 1. The summed E-state index contributed by atoms with van der Waals surface area (Å²) in [5, 5.41) is 1.13. The summed E-state index contributed by atoms with van der Waals surface area (Å²) in [4.78, 5) is 31.5. The maximum Gasteiger partial charge on any atom is 0.239 e. The molecule has 182 valence electrons. The predicted octanol–water partition coefficient (Wildman–Crippen LogP) is 1.52. The number of rotatable bonds is 5. The van der Waals surface area contributed by atoms with Crippen LogP contribution in [0.15, 0.2) is 17.5 Å². The standard InChI is InChI=1S/C21H29ClN4O5S2/c1-16(27)24-9-7-20(8-10-24)13-26-19(28)12-25(14-21(26,15-31-3)23(20)2)33(29,30)11-6-17-4-5-18(22)32-17/h4-6,11H,7-10,12-15H2,1-3H3/b11-6+. The zero-order valence-corrected chi connectivity index (χ0v) is 21.4. The lowest BCUT2D eigenvalue weighted by Gasteiger charge is -2.50. The first-order chi connectivity index (χ1) is 15.5. The van der Waals surface area contributed by atoms with Crippen LogP contribution in [-0.4, -0.2) is 104 Å². The Morgan fingerprint density at radius 1 is 1.27 bits per heavy atom. The second-order valence-electron chi connectivity index (χ2n) is 8.94. The van der Waals surface area contributed by atoms with E-state index in [4.69, 9.17) is 16.3 Å². The Morgan fingerprint density at radius 2 is 1.97 bits per heavy atom. The van der Waals surface area contributed by atoms with Crippen LogP contribution in [0.3, 0.4) is 0 Å². The van der Waals surface area contributed by atoms with Crippen LogP contribution < -0.4 is 0 Å². The van der Waals surface area contributed by atoms with Gasteiger partial charge >= 0.3 is 0 Å². The van der Waals surface area contributed by atoms with Gasteiger partial charge in [0.2, 0.25) is 21.8 Å². The Balaban J connectivity index is 1.61. The van der Waals surface area contributed by atoms with Gasteiger partial charge in [-0.15, -0.1) is 11.3 Å². The molecule has 33 heavy (non-hydrogen) atoms. The quantitative estimate of drug-likeness (QED) is 0.589. The molecule has 4 rings (SSSR count).